The van der Waals surface area contributed by atoms with Gasteiger partial charge in [-0.15, -0.1) is 0 Å². The van der Waals surface area contributed by atoms with Gasteiger partial charge in [-0.25, -0.2) is 0 Å². The lowest BCUT2D eigenvalue weighted by atomic mass is 10.1. The van der Waals surface area contributed by atoms with Crippen molar-refractivity contribution >= 4 is 5.97 Å². The molecule has 0 fully saturated rings. The number of aliphatic hydroxyl groups excluding tert-OH is 1. The SMILES string of the molecule is COCCC(O)CCC(=O)O. The van der Waals surface area contributed by atoms with E-state index in [-0.39, 0.29) is 6.42 Å². The highest BCUT2D eigenvalue weighted by Crippen LogP contribution is 2.01. The van der Waals surface area contributed by atoms with Crippen LogP contribution in [0.4, 0.5) is 0 Å². The lowest BCUT2D eigenvalue weighted by Crippen LogP contribution is -2.11. The number of hydrogen-bond donors (Lipinski definition) is 2. The third-order valence-electron chi connectivity index (χ3n) is 1.35. The Bertz CT molecular complexity index is 113. The highest BCUT2D eigenvalue weighted by molar-refractivity contribution is 5.66. The average molecular weight is 162 g/mol. The summed E-state index contributed by atoms with van der Waals surface area (Å²) in [5.74, 6) is -0.874. The van der Waals surface area contributed by atoms with E-state index in [0.29, 0.717) is 19.4 Å². The molecule has 0 spiro atoms. The zero-order chi connectivity index (χ0) is 8.69. The fraction of sp³-hybridized carbons (Fsp3) is 0.857. The second-order valence-electron chi connectivity index (χ2n) is 2.37. The fourth-order valence-electron chi connectivity index (χ4n) is 0.688. The van der Waals surface area contributed by atoms with E-state index in [1.54, 1.807) is 7.11 Å². The first kappa shape index (κ1) is 10.4. The molecule has 0 rings (SSSR count). The summed E-state index contributed by atoms with van der Waals surface area (Å²) >= 11 is 0. The predicted molar refractivity (Wildman–Crippen MR) is 39.4 cm³/mol. The Balaban J connectivity index is 3.22. The molecular weight excluding hydrogens is 148 g/mol. The summed E-state index contributed by atoms with van der Waals surface area (Å²) in [7, 11) is 1.55. The quantitative estimate of drug-likeness (QED) is 0.587. The topological polar surface area (TPSA) is 66.8 Å². The summed E-state index contributed by atoms with van der Waals surface area (Å²) in [6, 6.07) is 0. The molecule has 4 heteroatoms. The Morgan fingerprint density at radius 2 is 2.18 bits per heavy atom. The monoisotopic (exact) mass is 162 g/mol. The Labute approximate surface area is 65.8 Å². The van der Waals surface area contributed by atoms with Crippen LogP contribution in [-0.4, -0.2) is 36.0 Å². The Kier molecular flexibility index (Phi) is 5.78. The van der Waals surface area contributed by atoms with Gasteiger partial charge in [-0.1, -0.05) is 0 Å². The minimum atomic E-state index is -0.874. The van der Waals surface area contributed by atoms with Gasteiger partial charge in [-0.3, -0.25) is 4.79 Å². The summed E-state index contributed by atoms with van der Waals surface area (Å²) < 4.78 is 4.71. The lowest BCUT2D eigenvalue weighted by Gasteiger charge is -2.06. The zero-order valence-corrected chi connectivity index (χ0v) is 6.62. The van der Waals surface area contributed by atoms with E-state index in [2.05, 4.69) is 0 Å². The third kappa shape index (κ3) is 7.29. The molecule has 66 valence electrons. The number of carbonyl (C=O) groups is 1. The first-order chi connectivity index (χ1) is 5.16. The van der Waals surface area contributed by atoms with Crippen LogP contribution in [0, 0.1) is 0 Å². The molecule has 0 saturated carbocycles. The molecule has 0 aliphatic rings. The third-order valence-corrected chi connectivity index (χ3v) is 1.35. The van der Waals surface area contributed by atoms with Crippen LogP contribution in [0.5, 0.6) is 0 Å². The minimum Gasteiger partial charge on any atom is -0.481 e. The molecule has 0 radical (unpaired) electrons. The van der Waals surface area contributed by atoms with Gasteiger partial charge in [0.2, 0.25) is 0 Å². The average Bonchev–Trinajstić information content (AvgIpc) is 1.97. The summed E-state index contributed by atoms with van der Waals surface area (Å²) in [5.41, 5.74) is 0. The van der Waals surface area contributed by atoms with Crippen LogP contribution in [0.3, 0.4) is 0 Å². The molecule has 0 saturated heterocycles. The normalized spacial score (nSPS) is 12.9. The lowest BCUT2D eigenvalue weighted by molar-refractivity contribution is -0.137. The summed E-state index contributed by atoms with van der Waals surface area (Å²) in [6.45, 7) is 0.473. The van der Waals surface area contributed by atoms with Gasteiger partial charge in [-0.2, -0.15) is 0 Å². The Hall–Kier alpha value is -0.610. The highest BCUT2D eigenvalue weighted by Gasteiger charge is 2.05. The summed E-state index contributed by atoms with van der Waals surface area (Å²) in [5, 5.41) is 17.3. The zero-order valence-electron chi connectivity index (χ0n) is 6.62. The van der Waals surface area contributed by atoms with Crippen LogP contribution in [0.15, 0.2) is 0 Å². The van der Waals surface area contributed by atoms with Crippen LogP contribution >= 0.6 is 0 Å². The van der Waals surface area contributed by atoms with E-state index in [1.165, 1.54) is 0 Å². The van der Waals surface area contributed by atoms with Gasteiger partial charge in [-0.05, 0) is 12.8 Å². The summed E-state index contributed by atoms with van der Waals surface area (Å²) in [4.78, 5) is 10.0. The van der Waals surface area contributed by atoms with Crippen LogP contribution < -0.4 is 0 Å². The number of hydrogen-bond acceptors (Lipinski definition) is 3. The molecule has 0 bridgehead atoms. The maximum absolute atomic E-state index is 10.0. The van der Waals surface area contributed by atoms with Gasteiger partial charge in [0.15, 0.2) is 0 Å². The van der Waals surface area contributed by atoms with E-state index in [0.717, 1.165) is 0 Å². The maximum Gasteiger partial charge on any atom is 0.303 e. The van der Waals surface area contributed by atoms with Crippen molar-refractivity contribution in [2.24, 2.45) is 0 Å². The van der Waals surface area contributed by atoms with E-state index < -0.39 is 12.1 Å². The van der Waals surface area contributed by atoms with Crippen molar-refractivity contribution < 1.29 is 19.7 Å². The second kappa shape index (κ2) is 6.12. The first-order valence-corrected chi connectivity index (χ1v) is 3.55. The van der Waals surface area contributed by atoms with Gasteiger partial charge >= 0.3 is 5.97 Å². The van der Waals surface area contributed by atoms with Crippen LogP contribution in [0.25, 0.3) is 0 Å². The molecule has 0 aromatic rings. The fourth-order valence-corrected chi connectivity index (χ4v) is 0.688. The van der Waals surface area contributed by atoms with Gasteiger partial charge in [0.05, 0.1) is 6.10 Å². The predicted octanol–water partition coefficient (Wildman–Crippen LogP) is 0.249. The van der Waals surface area contributed by atoms with Crippen LogP contribution in [-0.2, 0) is 9.53 Å². The van der Waals surface area contributed by atoms with E-state index in [4.69, 9.17) is 14.9 Å². The molecule has 0 aromatic heterocycles. The van der Waals surface area contributed by atoms with E-state index in [9.17, 15) is 4.79 Å². The highest BCUT2D eigenvalue weighted by atomic mass is 16.5. The molecule has 2 N–H and O–H groups in total. The van der Waals surface area contributed by atoms with Crippen molar-refractivity contribution in [3.8, 4) is 0 Å². The van der Waals surface area contributed by atoms with Crippen molar-refractivity contribution in [1.29, 1.82) is 0 Å². The minimum absolute atomic E-state index is 0.0187. The van der Waals surface area contributed by atoms with Crippen molar-refractivity contribution in [3.63, 3.8) is 0 Å². The Morgan fingerprint density at radius 1 is 1.55 bits per heavy atom. The van der Waals surface area contributed by atoms with E-state index >= 15 is 0 Å². The number of carboxylic acids is 1. The number of methoxy groups -OCH3 is 1. The molecule has 0 amide bonds. The van der Waals surface area contributed by atoms with Crippen molar-refractivity contribution in [2.75, 3.05) is 13.7 Å². The Morgan fingerprint density at radius 3 is 2.64 bits per heavy atom. The van der Waals surface area contributed by atoms with Crippen molar-refractivity contribution in [1.82, 2.24) is 0 Å². The number of rotatable bonds is 6. The number of carboxylic acid groups (broad SMARTS) is 1. The molecule has 1 atom stereocenters. The van der Waals surface area contributed by atoms with Gasteiger partial charge in [0, 0.05) is 20.1 Å². The van der Waals surface area contributed by atoms with Gasteiger partial charge in [0.25, 0.3) is 0 Å². The molecule has 0 aromatic carbocycles. The molecule has 0 aliphatic carbocycles. The van der Waals surface area contributed by atoms with Crippen LogP contribution in [0.2, 0.25) is 0 Å². The summed E-state index contributed by atoms with van der Waals surface area (Å²) in [6.07, 6.45) is 0.277. The second-order valence-corrected chi connectivity index (χ2v) is 2.37. The molecular formula is C7H14O4. The molecule has 0 heterocycles. The van der Waals surface area contributed by atoms with Crippen molar-refractivity contribution in [3.05, 3.63) is 0 Å². The van der Waals surface area contributed by atoms with Crippen molar-refractivity contribution in [2.45, 2.75) is 25.4 Å². The van der Waals surface area contributed by atoms with Gasteiger partial charge in [0.1, 0.15) is 0 Å². The van der Waals surface area contributed by atoms with E-state index in [1.807, 2.05) is 0 Å². The first-order valence-electron chi connectivity index (χ1n) is 3.55. The largest absolute Gasteiger partial charge is 0.481 e. The molecule has 0 aliphatic heterocycles. The molecule has 4 nitrogen and oxygen atoms in total. The number of ether oxygens (including phenoxy) is 1. The van der Waals surface area contributed by atoms with Gasteiger partial charge < -0.3 is 14.9 Å². The number of aliphatic carboxylic acids is 1. The molecule has 11 heavy (non-hydrogen) atoms. The maximum atomic E-state index is 10.0. The smallest absolute Gasteiger partial charge is 0.303 e. The number of aliphatic hydroxyl groups is 1. The standard InChI is InChI=1S/C7H14O4/c1-11-5-4-6(8)2-3-7(9)10/h6,8H,2-5H2,1H3,(H,9,10). The van der Waals surface area contributed by atoms with Crippen LogP contribution in [0.1, 0.15) is 19.3 Å². The molecule has 1 unspecified atom stereocenters.